The SMILES string of the molecule is CCOC(=O)N1CC2(CC[C@@H](N3CCN(c4ncccc4-c4c[n+](O)ccn4)CC3)C2)C1. The Morgan fingerprint density at radius 2 is 2.06 bits per heavy atom. The van der Waals surface area contributed by atoms with E-state index in [1.165, 1.54) is 25.5 Å². The molecule has 9 heteroatoms. The van der Waals surface area contributed by atoms with Crippen molar-refractivity contribution in [3.05, 3.63) is 36.9 Å². The van der Waals surface area contributed by atoms with Crippen LogP contribution in [0.1, 0.15) is 26.2 Å². The van der Waals surface area contributed by atoms with Gasteiger partial charge in [-0.25, -0.2) is 14.8 Å². The summed E-state index contributed by atoms with van der Waals surface area (Å²) >= 11 is 0. The molecular weight excluding hydrogens is 408 g/mol. The van der Waals surface area contributed by atoms with Crippen molar-refractivity contribution in [2.45, 2.75) is 32.2 Å². The Morgan fingerprint density at radius 3 is 2.81 bits per heavy atom. The van der Waals surface area contributed by atoms with Gasteiger partial charge >= 0.3 is 6.09 Å². The van der Waals surface area contributed by atoms with Crippen LogP contribution in [0, 0.1) is 5.41 Å². The standard InChI is InChI=1S/C23H31N6O3/c1-2-32-22(30)28-16-23(17-28)6-5-18(14-23)26-10-12-27(13-11-26)21-19(4-3-7-25-21)20-15-29(31)9-8-24-20/h3-4,7-9,15,18H,2,5-6,10-14,16-17H2,1H3,(H,24,31)/q+1/t18-/m1/s1. The molecule has 3 fully saturated rings. The normalized spacial score (nSPS) is 22.7. The lowest BCUT2D eigenvalue weighted by atomic mass is 9.78. The Morgan fingerprint density at radius 1 is 1.25 bits per heavy atom. The number of hydrogen-bond donors (Lipinski definition) is 1. The average molecular weight is 440 g/mol. The van der Waals surface area contributed by atoms with Crippen LogP contribution in [0.15, 0.2) is 36.9 Å². The molecule has 5 rings (SSSR count). The summed E-state index contributed by atoms with van der Waals surface area (Å²) in [6, 6.07) is 4.50. The largest absolute Gasteiger partial charge is 0.450 e. The number of nitrogens with zero attached hydrogens (tertiary/aromatic N) is 6. The zero-order valence-corrected chi connectivity index (χ0v) is 18.6. The summed E-state index contributed by atoms with van der Waals surface area (Å²) in [6.45, 7) is 7.80. The molecule has 1 amide bonds. The van der Waals surface area contributed by atoms with Gasteiger partial charge in [0, 0.05) is 67.2 Å². The van der Waals surface area contributed by atoms with Gasteiger partial charge in [-0.3, -0.25) is 10.1 Å². The van der Waals surface area contributed by atoms with Gasteiger partial charge in [0.25, 0.3) is 0 Å². The quantitative estimate of drug-likeness (QED) is 0.574. The second-order valence-electron chi connectivity index (χ2n) is 9.17. The van der Waals surface area contributed by atoms with Crippen molar-refractivity contribution in [2.75, 3.05) is 50.8 Å². The minimum Gasteiger partial charge on any atom is -0.450 e. The number of amides is 1. The van der Waals surface area contributed by atoms with E-state index in [-0.39, 0.29) is 6.09 Å². The Bertz CT molecular complexity index is 972. The van der Waals surface area contributed by atoms with Gasteiger partial charge in [0.1, 0.15) is 11.5 Å². The number of anilines is 1. The smallest absolute Gasteiger partial charge is 0.409 e. The molecule has 3 aliphatic rings. The highest BCUT2D eigenvalue weighted by Gasteiger charge is 2.51. The van der Waals surface area contributed by atoms with E-state index >= 15 is 0 Å². The Kier molecular flexibility index (Phi) is 5.58. The van der Waals surface area contributed by atoms with Gasteiger partial charge in [0.15, 0.2) is 0 Å². The molecule has 0 bridgehead atoms. The molecule has 2 aliphatic heterocycles. The monoisotopic (exact) mass is 439 g/mol. The maximum absolute atomic E-state index is 11.9. The first-order chi connectivity index (χ1) is 15.6. The van der Waals surface area contributed by atoms with Gasteiger partial charge < -0.3 is 14.5 Å². The summed E-state index contributed by atoms with van der Waals surface area (Å²) in [6.07, 6.45) is 9.91. The van der Waals surface area contributed by atoms with Crippen molar-refractivity contribution in [2.24, 2.45) is 5.41 Å². The minimum atomic E-state index is -0.166. The molecule has 1 N–H and O–H groups in total. The molecule has 170 valence electrons. The number of carbonyl (C=O) groups excluding carboxylic acids is 1. The van der Waals surface area contributed by atoms with E-state index in [9.17, 15) is 10.0 Å². The Labute approximate surface area is 188 Å². The maximum Gasteiger partial charge on any atom is 0.409 e. The first kappa shape index (κ1) is 20.9. The predicted molar refractivity (Wildman–Crippen MR) is 117 cm³/mol. The van der Waals surface area contributed by atoms with Crippen molar-refractivity contribution in [1.82, 2.24) is 19.8 Å². The number of aromatic nitrogens is 3. The number of piperazine rings is 1. The topological polar surface area (TPSA) is 85.9 Å². The third-order valence-electron chi connectivity index (χ3n) is 7.14. The van der Waals surface area contributed by atoms with Crippen molar-refractivity contribution in [3.63, 3.8) is 0 Å². The van der Waals surface area contributed by atoms with Crippen LogP contribution in [-0.4, -0.2) is 83.0 Å². The molecule has 2 aromatic rings. The molecule has 1 aliphatic carbocycles. The lowest BCUT2D eigenvalue weighted by molar-refractivity contribution is -0.904. The van der Waals surface area contributed by atoms with Crippen LogP contribution in [0.5, 0.6) is 0 Å². The van der Waals surface area contributed by atoms with Crippen molar-refractivity contribution in [1.29, 1.82) is 0 Å². The summed E-state index contributed by atoms with van der Waals surface area (Å²) < 4.78 is 6.16. The van der Waals surface area contributed by atoms with Crippen LogP contribution < -0.4 is 9.63 Å². The molecule has 2 saturated heterocycles. The number of hydrogen-bond acceptors (Lipinski definition) is 7. The molecule has 0 unspecified atom stereocenters. The fourth-order valence-electron chi connectivity index (χ4n) is 5.55. The number of likely N-dealkylation sites (tertiary alicyclic amines) is 1. The van der Waals surface area contributed by atoms with Crippen LogP contribution in [0.3, 0.4) is 0 Å². The molecule has 32 heavy (non-hydrogen) atoms. The minimum absolute atomic E-state index is 0.166. The Balaban J connectivity index is 1.19. The molecule has 0 aromatic carbocycles. The molecule has 9 nitrogen and oxygen atoms in total. The zero-order chi connectivity index (χ0) is 22.1. The molecule has 2 aromatic heterocycles. The first-order valence-electron chi connectivity index (χ1n) is 11.5. The van der Waals surface area contributed by atoms with E-state index < -0.39 is 0 Å². The third kappa shape index (κ3) is 3.97. The van der Waals surface area contributed by atoms with E-state index in [4.69, 9.17) is 4.74 Å². The molecule has 1 saturated carbocycles. The van der Waals surface area contributed by atoms with Gasteiger partial charge in [-0.2, -0.15) is 0 Å². The van der Waals surface area contributed by atoms with Crippen LogP contribution >= 0.6 is 0 Å². The van der Waals surface area contributed by atoms with Crippen LogP contribution in [0.2, 0.25) is 0 Å². The lowest BCUT2D eigenvalue weighted by Crippen LogP contribution is -2.58. The summed E-state index contributed by atoms with van der Waals surface area (Å²) in [5.74, 6) is 0.915. The fraction of sp³-hybridized carbons (Fsp3) is 0.565. The van der Waals surface area contributed by atoms with Gasteiger partial charge in [0.05, 0.1) is 12.8 Å². The average Bonchev–Trinajstić information content (AvgIpc) is 3.24. The number of ether oxygens (including phenoxy) is 1. The number of pyridine rings is 1. The summed E-state index contributed by atoms with van der Waals surface area (Å²) in [5.41, 5.74) is 1.92. The van der Waals surface area contributed by atoms with Gasteiger partial charge in [-0.15, -0.1) is 0 Å². The predicted octanol–water partition coefficient (Wildman–Crippen LogP) is 1.80. The zero-order valence-electron chi connectivity index (χ0n) is 18.6. The second-order valence-corrected chi connectivity index (χ2v) is 9.17. The van der Waals surface area contributed by atoms with E-state index in [0.29, 0.717) is 23.8 Å². The molecule has 1 spiro atoms. The lowest BCUT2D eigenvalue weighted by Gasteiger charge is -2.48. The summed E-state index contributed by atoms with van der Waals surface area (Å²) in [4.78, 5) is 27.8. The van der Waals surface area contributed by atoms with Crippen LogP contribution in [0.4, 0.5) is 10.6 Å². The Hall–Kier alpha value is -2.94. The molecule has 0 radical (unpaired) electrons. The molecular formula is C23H31N6O3+. The van der Waals surface area contributed by atoms with Gasteiger partial charge in [-0.1, -0.05) is 0 Å². The third-order valence-corrected chi connectivity index (χ3v) is 7.14. The van der Waals surface area contributed by atoms with Crippen molar-refractivity contribution in [3.8, 4) is 11.3 Å². The highest BCUT2D eigenvalue weighted by molar-refractivity contribution is 5.72. The summed E-state index contributed by atoms with van der Waals surface area (Å²) in [5, 5.41) is 9.78. The fourth-order valence-corrected chi connectivity index (χ4v) is 5.55. The van der Waals surface area contributed by atoms with E-state index in [1.54, 1.807) is 12.4 Å². The second kappa shape index (κ2) is 8.54. The number of rotatable bonds is 4. The van der Waals surface area contributed by atoms with Crippen LogP contribution in [0.25, 0.3) is 11.3 Å². The maximum atomic E-state index is 11.9. The molecule has 1 atom stereocenters. The van der Waals surface area contributed by atoms with E-state index in [2.05, 4.69) is 19.8 Å². The van der Waals surface area contributed by atoms with Gasteiger partial charge in [-0.05, 0) is 38.3 Å². The van der Waals surface area contributed by atoms with Gasteiger partial charge in [0.2, 0.25) is 12.4 Å². The summed E-state index contributed by atoms with van der Waals surface area (Å²) in [7, 11) is 0. The highest BCUT2D eigenvalue weighted by atomic mass is 16.6. The first-order valence-corrected chi connectivity index (χ1v) is 11.5. The number of carbonyl (C=O) groups is 1. The molecule has 4 heterocycles. The van der Waals surface area contributed by atoms with Crippen LogP contribution in [-0.2, 0) is 4.74 Å². The van der Waals surface area contributed by atoms with E-state index in [0.717, 1.165) is 55.4 Å². The van der Waals surface area contributed by atoms with Crippen molar-refractivity contribution < 1.29 is 19.5 Å². The van der Waals surface area contributed by atoms with Crippen molar-refractivity contribution >= 4 is 11.9 Å². The highest BCUT2D eigenvalue weighted by Crippen LogP contribution is 2.47. The van der Waals surface area contributed by atoms with E-state index in [1.807, 2.05) is 30.2 Å².